The van der Waals surface area contributed by atoms with E-state index in [1.807, 2.05) is 42.5 Å². The number of benzene rings is 2. The maximum Gasteiger partial charge on any atom is 0.140 e. The summed E-state index contributed by atoms with van der Waals surface area (Å²) in [6.45, 7) is 0.167. The molecule has 2 aromatic carbocycles. The van der Waals surface area contributed by atoms with Crippen LogP contribution in [-0.2, 0) is 6.54 Å². The predicted molar refractivity (Wildman–Crippen MR) is 94.7 cm³/mol. The van der Waals surface area contributed by atoms with Gasteiger partial charge in [-0.1, -0.05) is 30.3 Å². The van der Waals surface area contributed by atoms with Crippen LogP contribution in [0.4, 0.5) is 5.82 Å². The van der Waals surface area contributed by atoms with Crippen LogP contribution in [0.5, 0.6) is 5.75 Å². The van der Waals surface area contributed by atoms with Gasteiger partial charge < -0.3 is 15.6 Å². The van der Waals surface area contributed by atoms with E-state index in [2.05, 4.69) is 11.2 Å². The molecule has 1 atom stereocenters. The SMILES string of the molecule is COc1ccc(-c2nn(CC(O)c3ccccc3)c(N)c2C#N)cc1. The van der Waals surface area contributed by atoms with Gasteiger partial charge in [0.15, 0.2) is 0 Å². The van der Waals surface area contributed by atoms with Crippen LogP contribution in [0, 0.1) is 11.3 Å². The van der Waals surface area contributed by atoms with Crippen LogP contribution in [0.15, 0.2) is 54.6 Å². The zero-order valence-corrected chi connectivity index (χ0v) is 13.8. The highest BCUT2D eigenvalue weighted by Crippen LogP contribution is 2.29. The number of nitriles is 1. The Kier molecular flexibility index (Phi) is 4.68. The van der Waals surface area contributed by atoms with Gasteiger partial charge in [-0.15, -0.1) is 0 Å². The molecular formula is C19H18N4O2. The van der Waals surface area contributed by atoms with E-state index < -0.39 is 6.10 Å². The average Bonchev–Trinajstić information content (AvgIpc) is 2.98. The molecule has 0 radical (unpaired) electrons. The van der Waals surface area contributed by atoms with Gasteiger partial charge in [0.2, 0.25) is 0 Å². The largest absolute Gasteiger partial charge is 0.497 e. The highest BCUT2D eigenvalue weighted by Gasteiger charge is 2.19. The summed E-state index contributed by atoms with van der Waals surface area (Å²) in [5, 5.41) is 24.3. The third kappa shape index (κ3) is 3.32. The van der Waals surface area contributed by atoms with Gasteiger partial charge in [0, 0.05) is 5.56 Å². The minimum Gasteiger partial charge on any atom is -0.497 e. The second-order valence-electron chi connectivity index (χ2n) is 5.56. The number of hydrogen-bond donors (Lipinski definition) is 2. The average molecular weight is 334 g/mol. The summed E-state index contributed by atoms with van der Waals surface area (Å²) in [7, 11) is 1.59. The molecule has 25 heavy (non-hydrogen) atoms. The number of aliphatic hydroxyl groups excluding tert-OH is 1. The lowest BCUT2D eigenvalue weighted by atomic mass is 10.1. The van der Waals surface area contributed by atoms with Gasteiger partial charge in [0.25, 0.3) is 0 Å². The van der Waals surface area contributed by atoms with Crippen molar-refractivity contribution in [3.05, 3.63) is 65.7 Å². The van der Waals surface area contributed by atoms with E-state index in [1.54, 1.807) is 19.2 Å². The van der Waals surface area contributed by atoms with Gasteiger partial charge in [-0.3, -0.25) is 0 Å². The van der Waals surface area contributed by atoms with Crippen LogP contribution in [-0.4, -0.2) is 22.0 Å². The molecule has 6 heteroatoms. The molecule has 0 saturated carbocycles. The molecule has 1 aromatic heterocycles. The van der Waals surface area contributed by atoms with Crippen molar-refractivity contribution in [2.45, 2.75) is 12.6 Å². The fourth-order valence-electron chi connectivity index (χ4n) is 2.62. The van der Waals surface area contributed by atoms with Crippen molar-refractivity contribution in [3.63, 3.8) is 0 Å². The molecular weight excluding hydrogens is 316 g/mol. The highest BCUT2D eigenvalue weighted by molar-refractivity contribution is 5.72. The first kappa shape index (κ1) is 16.6. The Morgan fingerprint density at radius 3 is 2.48 bits per heavy atom. The second-order valence-corrected chi connectivity index (χ2v) is 5.56. The number of anilines is 1. The molecule has 6 nitrogen and oxygen atoms in total. The molecule has 0 fully saturated rings. The Morgan fingerprint density at radius 2 is 1.88 bits per heavy atom. The molecule has 3 N–H and O–H groups in total. The molecule has 1 unspecified atom stereocenters. The maximum atomic E-state index is 10.4. The summed E-state index contributed by atoms with van der Waals surface area (Å²) < 4.78 is 6.61. The molecule has 1 heterocycles. The first-order valence-electron chi connectivity index (χ1n) is 7.78. The second kappa shape index (κ2) is 7.07. The minimum absolute atomic E-state index is 0.167. The van der Waals surface area contributed by atoms with Gasteiger partial charge in [0.05, 0.1) is 19.8 Å². The molecule has 0 aliphatic rings. The molecule has 0 aliphatic heterocycles. The third-order valence-electron chi connectivity index (χ3n) is 4.00. The number of rotatable bonds is 5. The maximum absolute atomic E-state index is 10.4. The standard InChI is InChI=1S/C19H18N4O2/c1-25-15-9-7-14(8-10-15)18-16(11-20)19(21)23(22-18)12-17(24)13-5-3-2-4-6-13/h2-10,17,24H,12,21H2,1H3. The van der Waals surface area contributed by atoms with Crippen molar-refractivity contribution >= 4 is 5.82 Å². The summed E-state index contributed by atoms with van der Waals surface area (Å²) in [6, 6.07) is 18.6. The van der Waals surface area contributed by atoms with E-state index >= 15 is 0 Å². The summed E-state index contributed by atoms with van der Waals surface area (Å²) in [6.07, 6.45) is -0.765. The Labute approximate surface area is 145 Å². The van der Waals surface area contributed by atoms with E-state index in [4.69, 9.17) is 10.5 Å². The summed E-state index contributed by atoms with van der Waals surface area (Å²) >= 11 is 0. The monoisotopic (exact) mass is 334 g/mol. The third-order valence-corrected chi connectivity index (χ3v) is 4.00. The first-order chi connectivity index (χ1) is 12.1. The molecule has 0 saturated heterocycles. The van der Waals surface area contributed by atoms with Gasteiger partial charge in [-0.2, -0.15) is 10.4 Å². The normalized spacial score (nSPS) is 11.7. The Bertz CT molecular complexity index is 896. The number of aromatic nitrogens is 2. The van der Waals surface area contributed by atoms with E-state index in [1.165, 1.54) is 4.68 Å². The Balaban J connectivity index is 1.94. The molecule has 0 amide bonds. The molecule has 3 aromatic rings. The molecule has 0 spiro atoms. The van der Waals surface area contributed by atoms with Gasteiger partial charge in [0.1, 0.15) is 28.9 Å². The quantitative estimate of drug-likeness (QED) is 0.748. The van der Waals surface area contributed by atoms with Crippen molar-refractivity contribution in [1.82, 2.24) is 9.78 Å². The van der Waals surface area contributed by atoms with Crippen LogP contribution in [0.1, 0.15) is 17.2 Å². The zero-order valence-electron chi connectivity index (χ0n) is 13.8. The van der Waals surface area contributed by atoms with Crippen molar-refractivity contribution in [1.29, 1.82) is 5.26 Å². The first-order valence-corrected chi connectivity index (χ1v) is 7.78. The number of methoxy groups -OCH3 is 1. The Hall–Kier alpha value is -3.30. The van der Waals surface area contributed by atoms with Crippen LogP contribution in [0.2, 0.25) is 0 Å². The van der Waals surface area contributed by atoms with Gasteiger partial charge in [-0.05, 0) is 29.8 Å². The van der Waals surface area contributed by atoms with Crippen LogP contribution < -0.4 is 10.5 Å². The van der Waals surface area contributed by atoms with E-state index in [0.717, 1.165) is 11.1 Å². The lowest BCUT2D eigenvalue weighted by Gasteiger charge is -2.12. The zero-order chi connectivity index (χ0) is 17.8. The number of ether oxygens (including phenoxy) is 1. The van der Waals surface area contributed by atoms with Crippen molar-refractivity contribution < 1.29 is 9.84 Å². The lowest BCUT2D eigenvalue weighted by Crippen LogP contribution is -2.12. The van der Waals surface area contributed by atoms with Crippen molar-refractivity contribution in [2.75, 3.05) is 12.8 Å². The number of nitrogens with zero attached hydrogens (tertiary/aromatic N) is 3. The number of hydrogen-bond acceptors (Lipinski definition) is 5. The number of aliphatic hydroxyl groups is 1. The molecule has 126 valence electrons. The van der Waals surface area contributed by atoms with E-state index in [9.17, 15) is 10.4 Å². The topological polar surface area (TPSA) is 97.1 Å². The van der Waals surface area contributed by atoms with E-state index in [0.29, 0.717) is 17.0 Å². The molecule has 3 rings (SSSR count). The van der Waals surface area contributed by atoms with E-state index in [-0.39, 0.29) is 12.4 Å². The van der Waals surface area contributed by atoms with Gasteiger partial charge in [-0.25, -0.2) is 4.68 Å². The smallest absolute Gasteiger partial charge is 0.140 e. The molecule has 0 bridgehead atoms. The highest BCUT2D eigenvalue weighted by atomic mass is 16.5. The lowest BCUT2D eigenvalue weighted by molar-refractivity contribution is 0.152. The minimum atomic E-state index is -0.765. The summed E-state index contributed by atoms with van der Waals surface area (Å²) in [5.41, 5.74) is 8.39. The van der Waals surface area contributed by atoms with Crippen LogP contribution in [0.3, 0.4) is 0 Å². The van der Waals surface area contributed by atoms with Crippen LogP contribution in [0.25, 0.3) is 11.3 Å². The van der Waals surface area contributed by atoms with Crippen molar-refractivity contribution in [2.24, 2.45) is 0 Å². The van der Waals surface area contributed by atoms with Gasteiger partial charge >= 0.3 is 0 Å². The predicted octanol–water partition coefficient (Wildman–Crippen LogP) is 2.75. The Morgan fingerprint density at radius 1 is 1.20 bits per heavy atom. The van der Waals surface area contributed by atoms with Crippen molar-refractivity contribution in [3.8, 4) is 23.1 Å². The fraction of sp³-hybridized carbons (Fsp3) is 0.158. The fourth-order valence-corrected chi connectivity index (χ4v) is 2.62. The molecule has 0 aliphatic carbocycles. The summed E-state index contributed by atoms with van der Waals surface area (Å²) in [5.74, 6) is 0.956. The summed E-state index contributed by atoms with van der Waals surface area (Å²) in [4.78, 5) is 0. The number of nitrogen functional groups attached to an aromatic ring is 1. The number of nitrogens with two attached hydrogens (primary N) is 1. The van der Waals surface area contributed by atoms with Crippen LogP contribution >= 0.6 is 0 Å².